The molecule has 1 saturated heterocycles. The van der Waals surface area contributed by atoms with Gasteiger partial charge in [0.05, 0.1) is 17.8 Å². The van der Waals surface area contributed by atoms with E-state index < -0.39 is 11.7 Å². The van der Waals surface area contributed by atoms with Gasteiger partial charge in [0.25, 0.3) is 5.91 Å². The van der Waals surface area contributed by atoms with Gasteiger partial charge in [0.1, 0.15) is 23.4 Å². The van der Waals surface area contributed by atoms with Gasteiger partial charge in [-0.3, -0.25) is 9.69 Å². The van der Waals surface area contributed by atoms with Crippen molar-refractivity contribution in [2.75, 3.05) is 31.6 Å². The van der Waals surface area contributed by atoms with Crippen LogP contribution in [0.2, 0.25) is 0 Å². The third-order valence-corrected chi connectivity index (χ3v) is 8.40. The summed E-state index contributed by atoms with van der Waals surface area (Å²) in [5.41, 5.74) is 3.29. The number of alkyl halides is 3. The minimum absolute atomic E-state index is 0.0420. The van der Waals surface area contributed by atoms with E-state index in [1.165, 1.54) is 12.1 Å². The first kappa shape index (κ1) is 26.7. The Morgan fingerprint density at radius 2 is 1.77 bits per heavy atom. The minimum Gasteiger partial charge on any atom is -0.490 e. The summed E-state index contributed by atoms with van der Waals surface area (Å²) in [7, 11) is 2.07. The zero-order valence-corrected chi connectivity index (χ0v) is 22.8. The van der Waals surface area contributed by atoms with Crippen LogP contribution in [0.3, 0.4) is 0 Å². The number of rotatable bonds is 7. The summed E-state index contributed by atoms with van der Waals surface area (Å²) in [6.45, 7) is 6.80. The molecule has 1 N–H and O–H groups in total. The molecule has 2 aliphatic heterocycles. The predicted octanol–water partition coefficient (Wildman–Crippen LogP) is 4.89. The smallest absolute Gasteiger partial charge is 0.416 e. The number of imidazole rings is 1. The van der Waals surface area contributed by atoms with Crippen LogP contribution in [-0.4, -0.2) is 53.1 Å². The summed E-state index contributed by atoms with van der Waals surface area (Å²) in [5, 5.41) is 3.08. The minimum atomic E-state index is -4.34. The van der Waals surface area contributed by atoms with Crippen molar-refractivity contribution in [2.45, 2.75) is 58.1 Å². The van der Waals surface area contributed by atoms with Gasteiger partial charge < -0.3 is 19.5 Å². The molecule has 212 valence electrons. The molecule has 0 radical (unpaired) electrons. The quantitative estimate of drug-likeness (QED) is 0.452. The molecule has 1 aromatic heterocycles. The lowest BCUT2D eigenvalue weighted by Gasteiger charge is -2.59. The normalized spacial score (nSPS) is 18.7. The molecule has 1 aliphatic carbocycles. The van der Waals surface area contributed by atoms with Gasteiger partial charge in [0.15, 0.2) is 0 Å². The Hall–Kier alpha value is -3.53. The Labute approximate surface area is 231 Å². The van der Waals surface area contributed by atoms with Crippen LogP contribution >= 0.6 is 0 Å². The van der Waals surface area contributed by atoms with Crippen molar-refractivity contribution in [3.05, 3.63) is 76.9 Å². The fraction of sp³-hybridized carbons (Fsp3) is 0.467. The molecular formula is C30H34F3N5O2. The van der Waals surface area contributed by atoms with Gasteiger partial charge in [0, 0.05) is 43.8 Å². The number of anilines is 1. The molecule has 1 spiro atoms. The van der Waals surface area contributed by atoms with Crippen LogP contribution in [0, 0.1) is 5.41 Å². The van der Waals surface area contributed by atoms with E-state index in [9.17, 15) is 18.0 Å². The zero-order valence-electron chi connectivity index (χ0n) is 22.8. The number of nitrogens with zero attached hydrogens (tertiary/aromatic N) is 4. The number of amides is 1. The van der Waals surface area contributed by atoms with E-state index >= 15 is 0 Å². The number of ether oxygens (including phenoxy) is 1. The Kier molecular flexibility index (Phi) is 6.76. The highest BCUT2D eigenvalue weighted by Crippen LogP contribution is 2.51. The zero-order chi connectivity index (χ0) is 28.1. The van der Waals surface area contributed by atoms with Crippen LogP contribution in [0.15, 0.2) is 48.5 Å². The van der Waals surface area contributed by atoms with E-state index in [2.05, 4.69) is 51.0 Å². The van der Waals surface area contributed by atoms with E-state index in [0.29, 0.717) is 18.0 Å². The molecule has 3 aliphatic rings. The van der Waals surface area contributed by atoms with Crippen molar-refractivity contribution >= 4 is 11.6 Å². The molecular weight excluding hydrogens is 519 g/mol. The number of benzene rings is 2. The highest BCUT2D eigenvalue weighted by molar-refractivity contribution is 5.94. The van der Waals surface area contributed by atoms with Crippen molar-refractivity contribution in [3.63, 3.8) is 0 Å². The topological polar surface area (TPSA) is 62.6 Å². The first-order valence-corrected chi connectivity index (χ1v) is 13.9. The van der Waals surface area contributed by atoms with E-state index in [4.69, 9.17) is 9.72 Å². The number of nitrogens with one attached hydrogen (secondary N) is 1. The predicted molar refractivity (Wildman–Crippen MR) is 145 cm³/mol. The molecule has 1 amide bonds. The van der Waals surface area contributed by atoms with E-state index in [1.807, 2.05) is 6.92 Å². The second kappa shape index (κ2) is 10.1. The Morgan fingerprint density at radius 3 is 2.42 bits per heavy atom. The maximum absolute atomic E-state index is 13.1. The molecule has 2 fully saturated rings. The standard InChI is InChI=1S/C30H34F3N5O2/c1-3-25-27(38-13-12-36(2)17-26(38)35-25)28(39)34-16-20-4-8-22(9-5-20)37-18-29(19-37)14-24(15-29)40-23-10-6-21(7-11-23)30(31,32)33/h4-11,24H,3,12-19H2,1-2H3,(H,34,39). The number of carbonyl (C=O) groups excluding carboxylic acids is 1. The summed E-state index contributed by atoms with van der Waals surface area (Å²) in [6.07, 6.45) is -1.76. The molecule has 0 unspecified atom stereocenters. The molecule has 40 heavy (non-hydrogen) atoms. The number of hydrogen-bond donors (Lipinski definition) is 1. The maximum Gasteiger partial charge on any atom is 0.416 e. The van der Waals surface area contributed by atoms with E-state index in [1.54, 1.807) is 0 Å². The van der Waals surface area contributed by atoms with Gasteiger partial charge in [-0.2, -0.15) is 13.2 Å². The summed E-state index contributed by atoms with van der Waals surface area (Å²) < 4.78 is 46.2. The highest BCUT2D eigenvalue weighted by atomic mass is 19.4. The van der Waals surface area contributed by atoms with Crippen LogP contribution < -0.4 is 15.0 Å². The van der Waals surface area contributed by atoms with Gasteiger partial charge >= 0.3 is 6.18 Å². The highest BCUT2D eigenvalue weighted by Gasteiger charge is 2.53. The second-order valence-corrected chi connectivity index (χ2v) is 11.4. The fourth-order valence-corrected chi connectivity index (χ4v) is 6.21. The average Bonchev–Trinajstić information content (AvgIpc) is 3.26. The van der Waals surface area contributed by atoms with E-state index in [0.717, 1.165) is 86.9 Å². The molecule has 10 heteroatoms. The lowest BCUT2D eigenvalue weighted by Crippen LogP contribution is -2.64. The summed E-state index contributed by atoms with van der Waals surface area (Å²) >= 11 is 0. The third kappa shape index (κ3) is 5.16. The summed E-state index contributed by atoms with van der Waals surface area (Å²) in [5.74, 6) is 1.36. The molecule has 2 aromatic carbocycles. The Morgan fingerprint density at radius 1 is 1.07 bits per heavy atom. The number of aryl methyl sites for hydroxylation is 1. The Balaban J connectivity index is 0.976. The monoisotopic (exact) mass is 553 g/mol. The summed E-state index contributed by atoms with van der Waals surface area (Å²) in [6, 6.07) is 13.2. The molecule has 6 rings (SSSR count). The number of aromatic nitrogens is 2. The number of carbonyl (C=O) groups is 1. The first-order valence-electron chi connectivity index (χ1n) is 13.9. The first-order chi connectivity index (χ1) is 19.1. The van der Waals surface area contributed by atoms with E-state index in [-0.39, 0.29) is 17.4 Å². The molecule has 1 saturated carbocycles. The van der Waals surface area contributed by atoms with Gasteiger partial charge in [-0.25, -0.2) is 4.98 Å². The SMILES string of the molecule is CCc1nc2n(c1C(=O)NCc1ccc(N3CC4(CC(Oc5ccc(C(F)(F)F)cc5)C4)C3)cc1)CCN(C)C2. The van der Waals surface area contributed by atoms with Gasteiger partial charge in [-0.1, -0.05) is 19.1 Å². The second-order valence-electron chi connectivity index (χ2n) is 11.4. The van der Waals surface area contributed by atoms with Crippen molar-refractivity contribution in [1.82, 2.24) is 19.8 Å². The number of halogens is 3. The van der Waals surface area contributed by atoms with Crippen LogP contribution in [0.5, 0.6) is 5.75 Å². The number of hydrogen-bond acceptors (Lipinski definition) is 5. The third-order valence-electron chi connectivity index (χ3n) is 8.40. The van der Waals surface area contributed by atoms with Crippen LogP contribution in [0.25, 0.3) is 0 Å². The van der Waals surface area contributed by atoms with Crippen LogP contribution in [0.4, 0.5) is 18.9 Å². The van der Waals surface area contributed by atoms with Gasteiger partial charge in [-0.15, -0.1) is 0 Å². The molecule has 0 atom stereocenters. The summed E-state index contributed by atoms with van der Waals surface area (Å²) in [4.78, 5) is 22.4. The number of likely N-dealkylation sites (N-methyl/N-ethyl adjacent to an activating group) is 1. The molecule has 0 bridgehead atoms. The average molecular weight is 554 g/mol. The Bertz CT molecular complexity index is 1370. The lowest BCUT2D eigenvalue weighted by molar-refractivity contribution is -0.137. The molecule has 7 nitrogen and oxygen atoms in total. The van der Waals surface area contributed by atoms with Gasteiger partial charge in [0.2, 0.25) is 0 Å². The number of fused-ring (bicyclic) bond motifs is 1. The maximum atomic E-state index is 13.1. The fourth-order valence-electron chi connectivity index (χ4n) is 6.21. The van der Waals surface area contributed by atoms with Crippen molar-refractivity contribution in [1.29, 1.82) is 0 Å². The van der Waals surface area contributed by atoms with Crippen molar-refractivity contribution < 1.29 is 22.7 Å². The van der Waals surface area contributed by atoms with Crippen molar-refractivity contribution in [3.8, 4) is 5.75 Å². The van der Waals surface area contributed by atoms with Crippen molar-refractivity contribution in [2.24, 2.45) is 5.41 Å². The molecule has 3 heterocycles. The van der Waals surface area contributed by atoms with Crippen LogP contribution in [0.1, 0.15) is 52.9 Å². The largest absolute Gasteiger partial charge is 0.490 e. The van der Waals surface area contributed by atoms with Gasteiger partial charge in [-0.05, 0) is 68.3 Å². The lowest BCUT2D eigenvalue weighted by atomic mass is 9.61. The molecule has 3 aromatic rings. The van der Waals surface area contributed by atoms with Crippen LogP contribution in [-0.2, 0) is 32.2 Å².